The van der Waals surface area contributed by atoms with Crippen molar-refractivity contribution in [3.63, 3.8) is 0 Å². The second kappa shape index (κ2) is 5.00. The molecule has 2 heterocycles. The van der Waals surface area contributed by atoms with Crippen molar-refractivity contribution in [1.82, 2.24) is 14.9 Å². The van der Waals surface area contributed by atoms with E-state index in [0.29, 0.717) is 5.92 Å². The minimum Gasteiger partial charge on any atom is -0.332 e. The number of nitrogens with zero attached hydrogens (tertiary/aromatic N) is 2. The van der Waals surface area contributed by atoms with Crippen molar-refractivity contribution < 1.29 is 0 Å². The molecule has 0 bridgehead atoms. The minimum atomic E-state index is 0.687. The van der Waals surface area contributed by atoms with E-state index in [1.54, 1.807) is 0 Å². The van der Waals surface area contributed by atoms with Gasteiger partial charge in [0, 0.05) is 38.2 Å². The maximum atomic E-state index is 4.81. The van der Waals surface area contributed by atoms with Crippen molar-refractivity contribution in [2.75, 3.05) is 6.54 Å². The summed E-state index contributed by atoms with van der Waals surface area (Å²) in [5, 5.41) is 3.40. The standard InChI is InChI=1S/C13H23N3/c1-4-7-16-12-5-6-14-9-11(12)15-13(16)8-10(2)3/h10,14H,4-9H2,1-3H3. The Morgan fingerprint density at radius 1 is 1.44 bits per heavy atom. The van der Waals surface area contributed by atoms with E-state index < -0.39 is 0 Å². The molecule has 0 aromatic carbocycles. The zero-order valence-corrected chi connectivity index (χ0v) is 10.7. The Kier molecular flexibility index (Phi) is 3.64. The van der Waals surface area contributed by atoms with Crippen LogP contribution in [0.15, 0.2) is 0 Å². The Labute approximate surface area is 98.3 Å². The van der Waals surface area contributed by atoms with E-state index in [-0.39, 0.29) is 0 Å². The molecule has 0 amide bonds. The van der Waals surface area contributed by atoms with Crippen molar-refractivity contribution in [1.29, 1.82) is 0 Å². The molecule has 1 aromatic heterocycles. The molecule has 0 aliphatic carbocycles. The lowest BCUT2D eigenvalue weighted by Gasteiger charge is -2.16. The SMILES string of the molecule is CCCn1c(CC(C)C)nc2c1CCNC2. The van der Waals surface area contributed by atoms with Crippen LogP contribution in [-0.4, -0.2) is 16.1 Å². The summed E-state index contributed by atoms with van der Waals surface area (Å²) in [6.07, 6.45) is 3.44. The van der Waals surface area contributed by atoms with Crippen LogP contribution in [-0.2, 0) is 25.9 Å². The highest BCUT2D eigenvalue weighted by Crippen LogP contribution is 2.18. The highest BCUT2D eigenvalue weighted by Gasteiger charge is 2.19. The van der Waals surface area contributed by atoms with Gasteiger partial charge in [0.15, 0.2) is 0 Å². The van der Waals surface area contributed by atoms with Crippen molar-refractivity contribution >= 4 is 0 Å². The second-order valence-electron chi connectivity index (χ2n) is 5.10. The van der Waals surface area contributed by atoms with Gasteiger partial charge in [0.2, 0.25) is 0 Å². The first kappa shape index (κ1) is 11.6. The van der Waals surface area contributed by atoms with Gasteiger partial charge in [-0.05, 0) is 12.3 Å². The lowest BCUT2D eigenvalue weighted by Crippen LogP contribution is -2.25. The average Bonchev–Trinajstić information content (AvgIpc) is 2.57. The Hall–Kier alpha value is -0.830. The van der Waals surface area contributed by atoms with E-state index in [1.807, 2.05) is 0 Å². The molecule has 0 atom stereocenters. The maximum Gasteiger partial charge on any atom is 0.109 e. The fourth-order valence-electron chi connectivity index (χ4n) is 2.44. The Balaban J connectivity index is 2.31. The summed E-state index contributed by atoms with van der Waals surface area (Å²) in [6.45, 7) is 9.96. The van der Waals surface area contributed by atoms with Crippen LogP contribution < -0.4 is 5.32 Å². The zero-order valence-electron chi connectivity index (χ0n) is 10.7. The first-order valence-corrected chi connectivity index (χ1v) is 6.50. The highest BCUT2D eigenvalue weighted by molar-refractivity contribution is 5.20. The molecule has 1 N–H and O–H groups in total. The molecule has 0 saturated heterocycles. The van der Waals surface area contributed by atoms with Crippen molar-refractivity contribution in [3.05, 3.63) is 17.2 Å². The lowest BCUT2D eigenvalue weighted by atomic mass is 10.1. The summed E-state index contributed by atoms with van der Waals surface area (Å²) >= 11 is 0. The van der Waals surface area contributed by atoms with Crippen molar-refractivity contribution in [2.45, 2.75) is 53.1 Å². The summed E-state index contributed by atoms with van der Waals surface area (Å²) in [4.78, 5) is 4.81. The molecule has 3 nitrogen and oxygen atoms in total. The molecule has 0 unspecified atom stereocenters. The third-order valence-electron chi connectivity index (χ3n) is 3.10. The number of nitrogens with one attached hydrogen (secondary N) is 1. The summed E-state index contributed by atoms with van der Waals surface area (Å²) in [6, 6.07) is 0. The van der Waals surface area contributed by atoms with Crippen molar-refractivity contribution in [2.24, 2.45) is 5.92 Å². The molecular formula is C13H23N3. The Bertz CT molecular complexity index is 352. The van der Waals surface area contributed by atoms with Crippen LogP contribution >= 0.6 is 0 Å². The van der Waals surface area contributed by atoms with Gasteiger partial charge in [0.05, 0.1) is 5.69 Å². The van der Waals surface area contributed by atoms with Crippen LogP contribution in [0.5, 0.6) is 0 Å². The predicted molar refractivity (Wildman–Crippen MR) is 66.5 cm³/mol. The molecule has 1 aliphatic heterocycles. The monoisotopic (exact) mass is 221 g/mol. The third-order valence-corrected chi connectivity index (χ3v) is 3.10. The smallest absolute Gasteiger partial charge is 0.109 e. The maximum absolute atomic E-state index is 4.81. The summed E-state index contributed by atoms with van der Waals surface area (Å²) in [7, 11) is 0. The number of hydrogen-bond donors (Lipinski definition) is 1. The number of rotatable bonds is 4. The molecule has 0 saturated carbocycles. The quantitative estimate of drug-likeness (QED) is 0.844. The van der Waals surface area contributed by atoms with Crippen LogP contribution in [0.2, 0.25) is 0 Å². The molecule has 1 aromatic rings. The molecular weight excluding hydrogens is 198 g/mol. The Morgan fingerprint density at radius 2 is 2.25 bits per heavy atom. The van der Waals surface area contributed by atoms with Crippen LogP contribution in [0.4, 0.5) is 0 Å². The minimum absolute atomic E-state index is 0.687. The third kappa shape index (κ3) is 2.29. The molecule has 2 rings (SSSR count). The van der Waals surface area contributed by atoms with Crippen LogP contribution in [0, 0.1) is 5.92 Å². The van der Waals surface area contributed by atoms with Gasteiger partial charge in [-0.25, -0.2) is 4.98 Å². The molecule has 3 heteroatoms. The fraction of sp³-hybridized carbons (Fsp3) is 0.769. The van der Waals surface area contributed by atoms with Gasteiger partial charge in [0.25, 0.3) is 0 Å². The average molecular weight is 221 g/mol. The lowest BCUT2D eigenvalue weighted by molar-refractivity contribution is 0.544. The number of fused-ring (bicyclic) bond motifs is 1. The van der Waals surface area contributed by atoms with Gasteiger partial charge in [-0.15, -0.1) is 0 Å². The fourth-order valence-corrected chi connectivity index (χ4v) is 2.44. The van der Waals surface area contributed by atoms with E-state index in [9.17, 15) is 0 Å². The molecule has 1 aliphatic rings. The van der Waals surface area contributed by atoms with E-state index in [0.717, 1.165) is 32.5 Å². The van der Waals surface area contributed by atoms with E-state index in [1.165, 1.54) is 23.6 Å². The van der Waals surface area contributed by atoms with E-state index in [4.69, 9.17) is 4.98 Å². The summed E-state index contributed by atoms with van der Waals surface area (Å²) in [5.41, 5.74) is 2.77. The normalized spacial score (nSPS) is 15.5. The predicted octanol–water partition coefficient (Wildman–Crippen LogP) is 2.14. The van der Waals surface area contributed by atoms with Crippen LogP contribution in [0.25, 0.3) is 0 Å². The second-order valence-corrected chi connectivity index (χ2v) is 5.10. The van der Waals surface area contributed by atoms with Crippen molar-refractivity contribution in [3.8, 4) is 0 Å². The van der Waals surface area contributed by atoms with Gasteiger partial charge < -0.3 is 9.88 Å². The van der Waals surface area contributed by atoms with Gasteiger partial charge in [0.1, 0.15) is 5.82 Å². The Morgan fingerprint density at radius 3 is 2.94 bits per heavy atom. The van der Waals surface area contributed by atoms with Gasteiger partial charge in [-0.3, -0.25) is 0 Å². The van der Waals surface area contributed by atoms with E-state index in [2.05, 4.69) is 30.7 Å². The zero-order chi connectivity index (χ0) is 11.5. The molecule has 16 heavy (non-hydrogen) atoms. The van der Waals surface area contributed by atoms with Gasteiger partial charge in [-0.2, -0.15) is 0 Å². The number of aromatic nitrogens is 2. The topological polar surface area (TPSA) is 29.9 Å². The van der Waals surface area contributed by atoms with Gasteiger partial charge >= 0.3 is 0 Å². The first-order chi connectivity index (χ1) is 7.72. The van der Waals surface area contributed by atoms with Crippen LogP contribution in [0.1, 0.15) is 44.4 Å². The first-order valence-electron chi connectivity index (χ1n) is 6.50. The van der Waals surface area contributed by atoms with Gasteiger partial charge in [-0.1, -0.05) is 20.8 Å². The highest BCUT2D eigenvalue weighted by atomic mass is 15.1. The molecule has 0 radical (unpaired) electrons. The number of imidazole rings is 1. The van der Waals surface area contributed by atoms with E-state index >= 15 is 0 Å². The summed E-state index contributed by atoms with van der Waals surface area (Å²) in [5.74, 6) is 1.98. The molecule has 90 valence electrons. The number of hydrogen-bond acceptors (Lipinski definition) is 2. The summed E-state index contributed by atoms with van der Waals surface area (Å²) < 4.78 is 2.47. The molecule has 0 spiro atoms. The molecule has 0 fully saturated rings. The van der Waals surface area contributed by atoms with Crippen LogP contribution in [0.3, 0.4) is 0 Å². The largest absolute Gasteiger partial charge is 0.332 e.